The molecule has 0 aliphatic carbocycles. The molecule has 0 bridgehead atoms. The van der Waals surface area contributed by atoms with Gasteiger partial charge in [-0.2, -0.15) is 0 Å². The Morgan fingerprint density at radius 2 is 2.29 bits per heavy atom. The monoisotopic (exact) mass is 305 g/mol. The normalized spacial score (nSPS) is 14.0. The Morgan fingerprint density at radius 1 is 1.43 bits per heavy atom. The van der Waals surface area contributed by atoms with Gasteiger partial charge in [0.2, 0.25) is 0 Å². The second-order valence-corrected chi connectivity index (χ2v) is 6.11. The summed E-state index contributed by atoms with van der Waals surface area (Å²) >= 11 is 1.87. The zero-order valence-corrected chi connectivity index (χ0v) is 13.2. The van der Waals surface area contributed by atoms with Crippen molar-refractivity contribution in [3.8, 4) is 5.75 Å². The van der Waals surface area contributed by atoms with Crippen LogP contribution in [0.5, 0.6) is 5.75 Å². The molecule has 1 aliphatic heterocycles. The highest BCUT2D eigenvalue weighted by Crippen LogP contribution is 2.40. The van der Waals surface area contributed by atoms with E-state index in [1.165, 1.54) is 16.0 Å². The largest absolute Gasteiger partial charge is 0.497 e. The summed E-state index contributed by atoms with van der Waals surface area (Å²) < 4.78 is 12.5. The van der Waals surface area contributed by atoms with Crippen molar-refractivity contribution < 1.29 is 14.3 Å². The van der Waals surface area contributed by atoms with Crippen LogP contribution in [0.3, 0.4) is 0 Å². The summed E-state index contributed by atoms with van der Waals surface area (Å²) in [5, 5.41) is 1.18. The van der Waals surface area contributed by atoms with Crippen LogP contribution < -0.4 is 4.74 Å². The predicted octanol–water partition coefficient (Wildman–Crippen LogP) is 3.25. The van der Waals surface area contributed by atoms with Gasteiger partial charge in [-0.3, -0.25) is 4.79 Å². The van der Waals surface area contributed by atoms with Gasteiger partial charge >= 0.3 is 5.97 Å². The smallest absolute Gasteiger partial charge is 0.325 e. The maximum Gasteiger partial charge on any atom is 0.325 e. The zero-order chi connectivity index (χ0) is 14.8. The summed E-state index contributed by atoms with van der Waals surface area (Å²) in [6, 6.07) is 6.04. The van der Waals surface area contributed by atoms with Crippen LogP contribution in [-0.2, 0) is 22.5 Å². The summed E-state index contributed by atoms with van der Waals surface area (Å²) in [5.41, 5.74) is 2.34. The summed E-state index contributed by atoms with van der Waals surface area (Å²) in [6.07, 6.45) is 2.16. The Balaban J connectivity index is 2.11. The van der Waals surface area contributed by atoms with Gasteiger partial charge in [-0.05, 0) is 43.7 Å². The van der Waals surface area contributed by atoms with Crippen molar-refractivity contribution in [3.63, 3.8) is 0 Å². The van der Waals surface area contributed by atoms with E-state index in [1.54, 1.807) is 7.11 Å². The van der Waals surface area contributed by atoms with E-state index in [4.69, 9.17) is 9.47 Å². The number of aromatic nitrogens is 1. The minimum absolute atomic E-state index is 0.177. The van der Waals surface area contributed by atoms with Gasteiger partial charge in [0.1, 0.15) is 12.3 Å². The third-order valence-corrected chi connectivity index (χ3v) is 4.96. The van der Waals surface area contributed by atoms with Gasteiger partial charge in [-0.25, -0.2) is 0 Å². The van der Waals surface area contributed by atoms with Crippen LogP contribution in [0.1, 0.15) is 19.0 Å². The number of carbonyl (C=O) groups is 1. The van der Waals surface area contributed by atoms with E-state index in [-0.39, 0.29) is 12.5 Å². The molecule has 2 heterocycles. The van der Waals surface area contributed by atoms with Crippen LogP contribution in [0, 0.1) is 0 Å². The lowest BCUT2D eigenvalue weighted by molar-refractivity contribution is -0.143. The molecule has 4 nitrogen and oxygen atoms in total. The average Bonchev–Trinajstić information content (AvgIpc) is 2.81. The lowest BCUT2D eigenvalue weighted by atomic mass is 10.2. The molecule has 0 saturated carbocycles. The number of hydrogen-bond acceptors (Lipinski definition) is 4. The van der Waals surface area contributed by atoms with Crippen molar-refractivity contribution in [3.05, 3.63) is 23.9 Å². The molecular weight excluding hydrogens is 286 g/mol. The SMILES string of the molecule is CCOC(=O)Cn1c2c(c3cc(OC)ccc31)SCCC2. The number of nitrogens with zero attached hydrogens (tertiary/aromatic N) is 1. The van der Waals surface area contributed by atoms with Crippen molar-refractivity contribution in [2.24, 2.45) is 0 Å². The molecule has 0 radical (unpaired) electrons. The van der Waals surface area contributed by atoms with Crippen LogP contribution in [0.4, 0.5) is 0 Å². The first-order valence-electron chi connectivity index (χ1n) is 7.22. The van der Waals surface area contributed by atoms with E-state index in [2.05, 4.69) is 10.6 Å². The third-order valence-electron chi connectivity index (χ3n) is 3.72. The van der Waals surface area contributed by atoms with E-state index in [1.807, 2.05) is 30.8 Å². The Hall–Kier alpha value is -1.62. The van der Waals surface area contributed by atoms with Crippen molar-refractivity contribution in [2.45, 2.75) is 31.2 Å². The van der Waals surface area contributed by atoms with Crippen LogP contribution in [-0.4, -0.2) is 30.0 Å². The van der Waals surface area contributed by atoms with E-state index < -0.39 is 0 Å². The lowest BCUT2D eigenvalue weighted by Gasteiger charge is -2.15. The van der Waals surface area contributed by atoms with Gasteiger partial charge < -0.3 is 14.0 Å². The molecule has 5 heteroatoms. The van der Waals surface area contributed by atoms with Gasteiger partial charge in [0.25, 0.3) is 0 Å². The van der Waals surface area contributed by atoms with Gasteiger partial charge in [0, 0.05) is 16.0 Å². The Morgan fingerprint density at radius 3 is 3.05 bits per heavy atom. The molecule has 112 valence electrons. The first kappa shape index (κ1) is 14.3. The maximum absolute atomic E-state index is 11.9. The number of thioether (sulfide) groups is 1. The highest BCUT2D eigenvalue weighted by Gasteiger charge is 2.22. The molecule has 1 aliphatic rings. The molecule has 0 unspecified atom stereocenters. The molecule has 0 atom stereocenters. The highest BCUT2D eigenvalue weighted by molar-refractivity contribution is 7.99. The van der Waals surface area contributed by atoms with Crippen LogP contribution in [0.25, 0.3) is 10.9 Å². The zero-order valence-electron chi connectivity index (χ0n) is 12.3. The number of hydrogen-bond donors (Lipinski definition) is 0. The Bertz CT molecular complexity index is 678. The first-order chi connectivity index (χ1) is 10.2. The standard InChI is InChI=1S/C16H19NO3S/c1-3-20-15(18)10-17-13-7-6-11(19-2)9-12(13)16-14(17)5-4-8-21-16/h6-7,9H,3-5,8,10H2,1-2H3. The van der Waals surface area contributed by atoms with Crippen molar-refractivity contribution in [1.29, 1.82) is 0 Å². The minimum atomic E-state index is -0.177. The second kappa shape index (κ2) is 6.02. The van der Waals surface area contributed by atoms with Gasteiger partial charge in [-0.1, -0.05) is 0 Å². The third kappa shape index (κ3) is 2.62. The molecule has 1 aromatic carbocycles. The molecule has 0 amide bonds. The number of esters is 1. The fourth-order valence-electron chi connectivity index (χ4n) is 2.82. The average molecular weight is 305 g/mol. The molecule has 21 heavy (non-hydrogen) atoms. The van der Waals surface area contributed by atoms with Crippen LogP contribution >= 0.6 is 11.8 Å². The lowest BCUT2D eigenvalue weighted by Crippen LogP contribution is -2.16. The molecule has 0 spiro atoms. The number of ether oxygens (including phenoxy) is 2. The van der Waals surface area contributed by atoms with Crippen molar-refractivity contribution in [2.75, 3.05) is 19.5 Å². The van der Waals surface area contributed by atoms with Gasteiger partial charge in [-0.15, -0.1) is 11.8 Å². The number of methoxy groups -OCH3 is 1. The van der Waals surface area contributed by atoms with Crippen molar-refractivity contribution >= 4 is 28.6 Å². The number of benzene rings is 1. The topological polar surface area (TPSA) is 40.5 Å². The Kier molecular flexibility index (Phi) is 4.10. The van der Waals surface area contributed by atoms with Gasteiger partial charge in [0.05, 0.1) is 19.2 Å². The number of fused-ring (bicyclic) bond motifs is 3. The minimum Gasteiger partial charge on any atom is -0.497 e. The quantitative estimate of drug-likeness (QED) is 0.813. The van der Waals surface area contributed by atoms with Crippen LogP contribution in [0.2, 0.25) is 0 Å². The fourth-order valence-corrected chi connectivity index (χ4v) is 4.01. The molecule has 2 aromatic rings. The molecule has 1 aromatic heterocycles. The molecule has 0 saturated heterocycles. The molecular formula is C16H19NO3S. The van der Waals surface area contributed by atoms with Crippen molar-refractivity contribution in [1.82, 2.24) is 4.57 Å². The highest BCUT2D eigenvalue weighted by atomic mass is 32.2. The summed E-state index contributed by atoms with van der Waals surface area (Å²) in [4.78, 5) is 13.2. The summed E-state index contributed by atoms with van der Waals surface area (Å²) in [6.45, 7) is 2.54. The number of carbonyl (C=O) groups excluding carboxylic acids is 1. The van der Waals surface area contributed by atoms with Gasteiger partial charge in [0.15, 0.2) is 0 Å². The Labute approximate surface area is 128 Å². The summed E-state index contributed by atoms with van der Waals surface area (Å²) in [7, 11) is 1.68. The molecule has 0 N–H and O–H groups in total. The number of rotatable bonds is 4. The van der Waals surface area contributed by atoms with E-state index in [0.717, 1.165) is 29.9 Å². The fraction of sp³-hybridized carbons (Fsp3) is 0.438. The van der Waals surface area contributed by atoms with Crippen LogP contribution in [0.15, 0.2) is 23.1 Å². The predicted molar refractivity (Wildman–Crippen MR) is 84.2 cm³/mol. The maximum atomic E-state index is 11.9. The second-order valence-electron chi connectivity index (χ2n) is 5.00. The van der Waals surface area contributed by atoms with E-state index in [9.17, 15) is 4.79 Å². The first-order valence-corrected chi connectivity index (χ1v) is 8.20. The molecule has 3 rings (SSSR count). The van der Waals surface area contributed by atoms with E-state index in [0.29, 0.717) is 6.61 Å². The summed E-state index contributed by atoms with van der Waals surface area (Å²) in [5.74, 6) is 1.80. The molecule has 0 fully saturated rings. The van der Waals surface area contributed by atoms with E-state index >= 15 is 0 Å².